The molecule has 0 radical (unpaired) electrons. The van der Waals surface area contributed by atoms with Gasteiger partial charge in [0.25, 0.3) is 5.91 Å². The number of hydrogen-bond donors (Lipinski definition) is 1. The van der Waals surface area contributed by atoms with Crippen LogP contribution in [-0.2, 0) is 0 Å². The average Bonchev–Trinajstić information content (AvgIpc) is 2.16. The van der Waals surface area contributed by atoms with Crippen LogP contribution in [0.4, 0.5) is 4.39 Å². The molecule has 4 nitrogen and oxygen atoms in total. The molecule has 0 aliphatic heterocycles. The predicted octanol–water partition coefficient (Wildman–Crippen LogP) is 0.942. The fourth-order valence-electron chi connectivity index (χ4n) is 1.05. The van der Waals surface area contributed by atoms with Gasteiger partial charge in [0.15, 0.2) is 11.6 Å². The van der Waals surface area contributed by atoms with Crippen LogP contribution in [0.5, 0.6) is 11.5 Å². The van der Waals surface area contributed by atoms with E-state index in [1.165, 1.54) is 20.3 Å². The van der Waals surface area contributed by atoms with Gasteiger partial charge in [-0.1, -0.05) is 0 Å². The Morgan fingerprint density at radius 1 is 1.29 bits per heavy atom. The summed E-state index contributed by atoms with van der Waals surface area (Å²) in [5.41, 5.74) is 5.16. The van der Waals surface area contributed by atoms with E-state index in [1.807, 2.05) is 0 Å². The molecule has 0 bridgehead atoms. The number of primary amides is 1. The van der Waals surface area contributed by atoms with Gasteiger partial charge < -0.3 is 15.2 Å². The molecular weight excluding hydrogens is 189 g/mol. The molecule has 0 saturated carbocycles. The topological polar surface area (TPSA) is 61.5 Å². The minimum atomic E-state index is -0.694. The molecule has 0 unspecified atom stereocenters. The molecule has 0 atom stereocenters. The molecule has 1 aromatic rings. The number of nitrogens with two attached hydrogens (primary N) is 1. The van der Waals surface area contributed by atoms with Crippen LogP contribution in [-0.4, -0.2) is 20.1 Å². The number of carbonyl (C=O) groups excluding carboxylic acids is 1. The number of carbonyl (C=O) groups is 1. The van der Waals surface area contributed by atoms with E-state index >= 15 is 0 Å². The van der Waals surface area contributed by atoms with Gasteiger partial charge in [-0.3, -0.25) is 4.79 Å². The monoisotopic (exact) mass is 199 g/mol. The first-order chi connectivity index (χ1) is 6.60. The van der Waals surface area contributed by atoms with E-state index in [2.05, 4.69) is 0 Å². The standard InChI is InChI=1S/C9H10FNO3/c1-13-7-4-6(10)8(14-2)3-5(7)9(11)12/h3-4H,1-2H3,(H2,11,12). The van der Waals surface area contributed by atoms with Gasteiger partial charge in [-0.2, -0.15) is 0 Å². The fourth-order valence-corrected chi connectivity index (χ4v) is 1.05. The normalized spacial score (nSPS) is 9.64. The van der Waals surface area contributed by atoms with Crippen LogP contribution in [0.15, 0.2) is 12.1 Å². The third kappa shape index (κ3) is 1.76. The van der Waals surface area contributed by atoms with Crippen molar-refractivity contribution >= 4 is 5.91 Å². The Labute approximate surface area is 80.4 Å². The van der Waals surface area contributed by atoms with E-state index in [0.29, 0.717) is 0 Å². The number of rotatable bonds is 3. The van der Waals surface area contributed by atoms with Gasteiger partial charge in [-0.05, 0) is 6.07 Å². The Balaban J connectivity index is 3.32. The maximum absolute atomic E-state index is 13.1. The molecule has 0 aliphatic rings. The minimum Gasteiger partial charge on any atom is -0.496 e. The van der Waals surface area contributed by atoms with Crippen molar-refractivity contribution in [3.8, 4) is 11.5 Å². The zero-order valence-electron chi connectivity index (χ0n) is 7.83. The molecule has 1 amide bonds. The van der Waals surface area contributed by atoms with Crippen LogP contribution in [0.25, 0.3) is 0 Å². The lowest BCUT2D eigenvalue weighted by Crippen LogP contribution is -2.13. The van der Waals surface area contributed by atoms with Gasteiger partial charge in [0, 0.05) is 6.07 Å². The molecule has 0 heterocycles. The quantitative estimate of drug-likeness (QED) is 0.788. The van der Waals surface area contributed by atoms with Crippen molar-refractivity contribution in [2.45, 2.75) is 0 Å². The molecule has 2 N–H and O–H groups in total. The van der Waals surface area contributed by atoms with Crippen LogP contribution in [0.3, 0.4) is 0 Å². The summed E-state index contributed by atoms with van der Waals surface area (Å²) in [6, 6.07) is 2.26. The maximum Gasteiger partial charge on any atom is 0.252 e. The third-order valence-corrected chi connectivity index (χ3v) is 1.74. The van der Waals surface area contributed by atoms with Gasteiger partial charge in [0.1, 0.15) is 5.75 Å². The van der Waals surface area contributed by atoms with Crippen molar-refractivity contribution in [1.82, 2.24) is 0 Å². The van der Waals surface area contributed by atoms with E-state index < -0.39 is 11.7 Å². The molecule has 0 aliphatic carbocycles. The van der Waals surface area contributed by atoms with Crippen LogP contribution in [0.1, 0.15) is 10.4 Å². The molecule has 1 aromatic carbocycles. The molecular formula is C9H10FNO3. The van der Waals surface area contributed by atoms with Gasteiger partial charge >= 0.3 is 0 Å². The van der Waals surface area contributed by atoms with E-state index in [0.717, 1.165) is 6.07 Å². The number of ether oxygens (including phenoxy) is 2. The van der Waals surface area contributed by atoms with E-state index in [1.54, 1.807) is 0 Å². The summed E-state index contributed by atoms with van der Waals surface area (Å²) in [5, 5.41) is 0. The Kier molecular flexibility index (Phi) is 2.91. The zero-order chi connectivity index (χ0) is 10.7. The largest absolute Gasteiger partial charge is 0.496 e. The molecule has 76 valence electrons. The van der Waals surface area contributed by atoms with Gasteiger partial charge in [0.2, 0.25) is 0 Å². The first-order valence-electron chi connectivity index (χ1n) is 3.81. The summed E-state index contributed by atoms with van der Waals surface area (Å²) < 4.78 is 22.6. The van der Waals surface area contributed by atoms with Gasteiger partial charge in [-0.25, -0.2) is 4.39 Å². The smallest absolute Gasteiger partial charge is 0.252 e. The highest BCUT2D eigenvalue weighted by Crippen LogP contribution is 2.26. The number of benzene rings is 1. The first-order valence-corrected chi connectivity index (χ1v) is 3.81. The second kappa shape index (κ2) is 3.95. The van der Waals surface area contributed by atoms with Crippen LogP contribution in [0, 0.1) is 5.82 Å². The number of methoxy groups -OCH3 is 2. The maximum atomic E-state index is 13.1. The van der Waals surface area contributed by atoms with E-state index in [4.69, 9.17) is 15.2 Å². The Morgan fingerprint density at radius 2 is 1.86 bits per heavy atom. The molecule has 0 fully saturated rings. The summed E-state index contributed by atoms with van der Waals surface area (Å²) in [7, 11) is 2.63. The lowest BCUT2D eigenvalue weighted by Gasteiger charge is -2.08. The predicted molar refractivity (Wildman–Crippen MR) is 48.0 cm³/mol. The summed E-state index contributed by atoms with van der Waals surface area (Å²) in [6.45, 7) is 0. The van der Waals surface area contributed by atoms with Gasteiger partial charge in [-0.15, -0.1) is 0 Å². The summed E-state index contributed by atoms with van der Waals surface area (Å²) >= 11 is 0. The summed E-state index contributed by atoms with van der Waals surface area (Å²) in [6.07, 6.45) is 0. The fraction of sp³-hybridized carbons (Fsp3) is 0.222. The third-order valence-electron chi connectivity index (χ3n) is 1.74. The average molecular weight is 199 g/mol. The molecule has 1 rings (SSSR count). The zero-order valence-corrected chi connectivity index (χ0v) is 7.83. The molecule has 5 heteroatoms. The minimum absolute atomic E-state index is 0.0420. The van der Waals surface area contributed by atoms with Gasteiger partial charge in [0.05, 0.1) is 19.8 Å². The Bertz CT molecular complexity index is 365. The first kappa shape index (κ1) is 10.3. The highest BCUT2D eigenvalue weighted by molar-refractivity contribution is 5.96. The second-order valence-electron chi connectivity index (χ2n) is 2.55. The lowest BCUT2D eigenvalue weighted by atomic mass is 10.1. The van der Waals surface area contributed by atoms with Crippen molar-refractivity contribution < 1.29 is 18.7 Å². The Morgan fingerprint density at radius 3 is 2.29 bits per heavy atom. The number of hydrogen-bond acceptors (Lipinski definition) is 3. The summed E-state index contributed by atoms with van der Waals surface area (Å²) in [5.74, 6) is -1.25. The number of halogens is 1. The molecule has 0 saturated heterocycles. The van der Waals surface area contributed by atoms with Crippen molar-refractivity contribution in [1.29, 1.82) is 0 Å². The van der Waals surface area contributed by atoms with Crippen molar-refractivity contribution in [2.24, 2.45) is 5.73 Å². The molecule has 0 spiro atoms. The van der Waals surface area contributed by atoms with Crippen molar-refractivity contribution in [3.05, 3.63) is 23.5 Å². The van der Waals surface area contributed by atoms with Crippen molar-refractivity contribution in [2.75, 3.05) is 14.2 Å². The van der Waals surface area contributed by atoms with E-state index in [9.17, 15) is 9.18 Å². The lowest BCUT2D eigenvalue weighted by molar-refractivity contribution is 0.0997. The highest BCUT2D eigenvalue weighted by Gasteiger charge is 2.14. The highest BCUT2D eigenvalue weighted by atomic mass is 19.1. The molecule has 0 aromatic heterocycles. The Hall–Kier alpha value is -1.78. The molecule has 14 heavy (non-hydrogen) atoms. The van der Waals surface area contributed by atoms with E-state index in [-0.39, 0.29) is 17.1 Å². The number of amides is 1. The summed E-state index contributed by atoms with van der Waals surface area (Å²) in [4.78, 5) is 10.9. The SMILES string of the molecule is COc1cc(C(N)=O)c(OC)cc1F. The van der Waals surface area contributed by atoms with Crippen LogP contribution < -0.4 is 15.2 Å². The van der Waals surface area contributed by atoms with Crippen LogP contribution >= 0.6 is 0 Å². The van der Waals surface area contributed by atoms with Crippen LogP contribution in [0.2, 0.25) is 0 Å². The second-order valence-corrected chi connectivity index (χ2v) is 2.55. The van der Waals surface area contributed by atoms with Crippen molar-refractivity contribution in [3.63, 3.8) is 0 Å².